The lowest BCUT2D eigenvalue weighted by atomic mass is 9.89. The molecule has 1 rings (SSSR count). The molecule has 0 aliphatic rings. The zero-order valence-corrected chi connectivity index (χ0v) is 12.2. The van der Waals surface area contributed by atoms with Gasteiger partial charge in [-0.3, -0.25) is 4.90 Å². The molecule has 0 heterocycles. The van der Waals surface area contributed by atoms with Gasteiger partial charge in [-0.1, -0.05) is 37.3 Å². The van der Waals surface area contributed by atoms with Gasteiger partial charge in [-0.2, -0.15) is 0 Å². The Morgan fingerprint density at radius 3 is 2.32 bits per heavy atom. The minimum atomic E-state index is -1.07. The topological polar surface area (TPSA) is 52.6 Å². The van der Waals surface area contributed by atoms with Crippen molar-refractivity contribution in [3.05, 3.63) is 35.9 Å². The molecular formula is C15H24N2O2. The summed E-state index contributed by atoms with van der Waals surface area (Å²) in [6.45, 7) is 7.47. The molecule has 0 amide bonds. The molecule has 106 valence electrons. The molecule has 1 aromatic carbocycles. The van der Waals surface area contributed by atoms with Crippen molar-refractivity contribution < 1.29 is 9.90 Å². The molecule has 0 radical (unpaired) electrons. The quantitative estimate of drug-likeness (QED) is 0.790. The summed E-state index contributed by atoms with van der Waals surface area (Å²) in [6.07, 6.45) is 0. The van der Waals surface area contributed by atoms with Crippen LogP contribution in [0, 0.1) is 0 Å². The number of hydrogen-bond donors (Lipinski definition) is 2. The monoisotopic (exact) mass is 264 g/mol. The normalized spacial score (nSPS) is 14.6. The zero-order valence-electron chi connectivity index (χ0n) is 12.2. The molecule has 2 N–H and O–H groups in total. The lowest BCUT2D eigenvalue weighted by Crippen LogP contribution is -2.56. The number of likely N-dealkylation sites (N-methyl/N-ethyl adjacent to an activating group) is 2. The van der Waals surface area contributed by atoms with Crippen LogP contribution in [0.15, 0.2) is 30.3 Å². The van der Waals surface area contributed by atoms with E-state index in [0.29, 0.717) is 12.6 Å². The number of aliphatic carboxylic acids is 1. The smallest absolute Gasteiger partial charge is 0.329 e. The predicted octanol–water partition coefficient (Wildman–Crippen LogP) is 1.92. The van der Waals surface area contributed by atoms with Gasteiger partial charge in [0.1, 0.15) is 0 Å². The summed E-state index contributed by atoms with van der Waals surface area (Å²) >= 11 is 0. The molecule has 0 bridgehead atoms. The summed E-state index contributed by atoms with van der Waals surface area (Å²) in [6, 6.07) is 9.66. The minimum Gasteiger partial charge on any atom is -0.480 e. The van der Waals surface area contributed by atoms with Crippen LogP contribution in [0.5, 0.6) is 0 Å². The highest BCUT2D eigenvalue weighted by Crippen LogP contribution is 2.23. The van der Waals surface area contributed by atoms with Crippen LogP contribution < -0.4 is 5.32 Å². The fourth-order valence-corrected chi connectivity index (χ4v) is 2.30. The maximum Gasteiger partial charge on any atom is 0.329 e. The zero-order chi connectivity index (χ0) is 14.5. The summed E-state index contributed by atoms with van der Waals surface area (Å²) in [5.41, 5.74) is -0.286. The second-order valence-electron chi connectivity index (χ2n) is 4.98. The standard InChI is InChI=1S/C15H24N2O2/c1-5-17(12(2)3)11-15(16-4,14(18)19)13-9-7-6-8-10-13/h6-10,12,16H,5,11H2,1-4H3,(H,18,19). The number of rotatable bonds is 7. The summed E-state index contributed by atoms with van der Waals surface area (Å²) in [7, 11) is 1.70. The Morgan fingerprint density at radius 2 is 1.95 bits per heavy atom. The van der Waals surface area contributed by atoms with Gasteiger partial charge in [0.15, 0.2) is 5.54 Å². The van der Waals surface area contributed by atoms with Gasteiger partial charge in [0.25, 0.3) is 0 Å². The van der Waals surface area contributed by atoms with E-state index in [0.717, 1.165) is 12.1 Å². The third-order valence-electron chi connectivity index (χ3n) is 3.64. The van der Waals surface area contributed by atoms with Gasteiger partial charge < -0.3 is 10.4 Å². The predicted molar refractivity (Wildman–Crippen MR) is 77.2 cm³/mol. The van der Waals surface area contributed by atoms with Gasteiger partial charge in [0.2, 0.25) is 0 Å². The fraction of sp³-hybridized carbons (Fsp3) is 0.533. The molecule has 4 heteroatoms. The number of benzene rings is 1. The van der Waals surface area contributed by atoms with E-state index in [-0.39, 0.29) is 0 Å². The fourth-order valence-electron chi connectivity index (χ4n) is 2.30. The summed E-state index contributed by atoms with van der Waals surface area (Å²) in [4.78, 5) is 14.0. The van der Waals surface area contributed by atoms with E-state index in [1.54, 1.807) is 7.05 Å². The van der Waals surface area contributed by atoms with Crippen molar-refractivity contribution in [3.63, 3.8) is 0 Å². The van der Waals surface area contributed by atoms with Crippen molar-refractivity contribution in [2.75, 3.05) is 20.1 Å². The third kappa shape index (κ3) is 3.33. The van der Waals surface area contributed by atoms with E-state index in [2.05, 4.69) is 24.1 Å². The molecule has 0 saturated heterocycles. The highest BCUT2D eigenvalue weighted by molar-refractivity contribution is 5.81. The SMILES string of the molecule is CCN(CC(NC)(C(=O)O)c1ccccc1)C(C)C. The molecule has 1 unspecified atom stereocenters. The minimum absolute atomic E-state index is 0.306. The highest BCUT2D eigenvalue weighted by Gasteiger charge is 2.40. The first-order valence-corrected chi connectivity index (χ1v) is 6.69. The van der Waals surface area contributed by atoms with Crippen LogP contribution in [0.1, 0.15) is 26.3 Å². The lowest BCUT2D eigenvalue weighted by molar-refractivity contribution is -0.146. The van der Waals surface area contributed by atoms with E-state index < -0.39 is 11.5 Å². The Kier molecular flexibility index (Phi) is 5.51. The van der Waals surface area contributed by atoms with Crippen LogP contribution >= 0.6 is 0 Å². The van der Waals surface area contributed by atoms with E-state index >= 15 is 0 Å². The molecule has 0 fully saturated rings. The van der Waals surface area contributed by atoms with Crippen LogP contribution in [-0.4, -0.2) is 42.2 Å². The molecule has 0 aliphatic heterocycles. The molecule has 4 nitrogen and oxygen atoms in total. The van der Waals surface area contributed by atoms with E-state index in [1.807, 2.05) is 37.3 Å². The van der Waals surface area contributed by atoms with Gasteiger partial charge in [0, 0.05) is 12.6 Å². The summed E-state index contributed by atoms with van der Waals surface area (Å²) in [5, 5.41) is 12.7. The summed E-state index contributed by atoms with van der Waals surface area (Å²) in [5.74, 6) is -0.847. The van der Waals surface area contributed by atoms with Crippen LogP contribution in [0.3, 0.4) is 0 Å². The van der Waals surface area contributed by atoms with Crippen LogP contribution in [0.2, 0.25) is 0 Å². The number of carboxylic acids is 1. The third-order valence-corrected chi connectivity index (χ3v) is 3.64. The van der Waals surface area contributed by atoms with Crippen LogP contribution in [0.4, 0.5) is 0 Å². The van der Waals surface area contributed by atoms with Gasteiger partial charge in [-0.05, 0) is 33.0 Å². The molecule has 0 aliphatic carbocycles. The van der Waals surface area contributed by atoms with Crippen molar-refractivity contribution >= 4 is 5.97 Å². The van der Waals surface area contributed by atoms with Gasteiger partial charge in [-0.15, -0.1) is 0 Å². The molecule has 0 aromatic heterocycles. The molecule has 19 heavy (non-hydrogen) atoms. The molecule has 1 aromatic rings. The number of hydrogen-bond acceptors (Lipinski definition) is 3. The van der Waals surface area contributed by atoms with E-state index in [4.69, 9.17) is 0 Å². The lowest BCUT2D eigenvalue weighted by Gasteiger charge is -2.36. The number of nitrogens with one attached hydrogen (secondary N) is 1. The van der Waals surface area contributed by atoms with Gasteiger partial charge in [-0.25, -0.2) is 4.79 Å². The molecular weight excluding hydrogens is 240 g/mol. The average Bonchev–Trinajstić information content (AvgIpc) is 2.40. The van der Waals surface area contributed by atoms with E-state index in [1.165, 1.54) is 0 Å². The first kappa shape index (κ1) is 15.7. The molecule has 0 spiro atoms. The Bertz CT molecular complexity index is 406. The maximum atomic E-state index is 11.8. The van der Waals surface area contributed by atoms with Crippen molar-refractivity contribution in [1.82, 2.24) is 10.2 Å². The second-order valence-corrected chi connectivity index (χ2v) is 4.98. The van der Waals surface area contributed by atoms with Crippen molar-refractivity contribution in [1.29, 1.82) is 0 Å². The Hall–Kier alpha value is -1.39. The van der Waals surface area contributed by atoms with Crippen LogP contribution in [-0.2, 0) is 10.3 Å². The van der Waals surface area contributed by atoms with Gasteiger partial charge >= 0.3 is 5.97 Å². The Morgan fingerprint density at radius 1 is 1.37 bits per heavy atom. The van der Waals surface area contributed by atoms with E-state index in [9.17, 15) is 9.90 Å². The van der Waals surface area contributed by atoms with Crippen molar-refractivity contribution in [2.45, 2.75) is 32.4 Å². The Labute approximate surface area is 115 Å². The second kappa shape index (κ2) is 6.68. The summed E-state index contributed by atoms with van der Waals surface area (Å²) < 4.78 is 0. The number of nitrogens with zero attached hydrogens (tertiary/aromatic N) is 1. The molecule has 1 atom stereocenters. The molecule has 0 saturated carbocycles. The number of carboxylic acid groups (broad SMARTS) is 1. The average molecular weight is 264 g/mol. The van der Waals surface area contributed by atoms with Crippen molar-refractivity contribution in [2.24, 2.45) is 0 Å². The first-order valence-electron chi connectivity index (χ1n) is 6.69. The first-order chi connectivity index (χ1) is 8.97. The van der Waals surface area contributed by atoms with Crippen molar-refractivity contribution in [3.8, 4) is 0 Å². The van der Waals surface area contributed by atoms with Gasteiger partial charge in [0.05, 0.1) is 0 Å². The highest BCUT2D eigenvalue weighted by atomic mass is 16.4. The Balaban J connectivity index is 3.17. The largest absolute Gasteiger partial charge is 0.480 e. The van der Waals surface area contributed by atoms with Crippen LogP contribution in [0.25, 0.3) is 0 Å². The number of carbonyl (C=O) groups is 1. The maximum absolute atomic E-state index is 11.8.